The van der Waals surface area contributed by atoms with Gasteiger partial charge in [0.1, 0.15) is 6.04 Å². The molecular weight excluding hydrogens is 400 g/mol. The fraction of sp³-hybridized carbons (Fsp3) is 0.269. The lowest BCUT2D eigenvalue weighted by atomic mass is 10.0. The average Bonchev–Trinajstić information content (AvgIpc) is 2.80. The van der Waals surface area contributed by atoms with E-state index < -0.39 is 6.04 Å². The first-order valence-electron chi connectivity index (χ1n) is 10.9. The first kappa shape index (κ1) is 21.7. The van der Waals surface area contributed by atoms with Gasteiger partial charge in [-0.05, 0) is 54.8 Å². The van der Waals surface area contributed by atoms with Crippen molar-refractivity contribution in [2.45, 2.75) is 19.9 Å². The van der Waals surface area contributed by atoms with E-state index in [1.165, 1.54) is 0 Å². The van der Waals surface area contributed by atoms with Crippen molar-refractivity contribution in [3.8, 4) is 0 Å². The van der Waals surface area contributed by atoms with Crippen LogP contribution in [0.5, 0.6) is 0 Å². The van der Waals surface area contributed by atoms with Crippen LogP contribution in [0, 0.1) is 13.8 Å². The van der Waals surface area contributed by atoms with Crippen LogP contribution in [0.1, 0.15) is 33.1 Å². The minimum atomic E-state index is -0.421. The van der Waals surface area contributed by atoms with Gasteiger partial charge >= 0.3 is 0 Å². The Morgan fingerprint density at radius 1 is 0.875 bits per heavy atom. The molecule has 32 heavy (non-hydrogen) atoms. The molecule has 164 valence electrons. The van der Waals surface area contributed by atoms with Gasteiger partial charge in [0.25, 0.3) is 5.91 Å². The molecule has 1 saturated heterocycles. The molecule has 6 heteroatoms. The number of nitrogens with zero attached hydrogens (tertiary/aromatic N) is 3. The van der Waals surface area contributed by atoms with Crippen LogP contribution in [0.15, 0.2) is 73.1 Å². The van der Waals surface area contributed by atoms with Gasteiger partial charge < -0.3 is 10.2 Å². The summed E-state index contributed by atoms with van der Waals surface area (Å²) in [5.74, 6) is -0.0573. The number of anilines is 1. The maximum Gasteiger partial charge on any atom is 0.254 e. The highest BCUT2D eigenvalue weighted by Gasteiger charge is 2.32. The van der Waals surface area contributed by atoms with E-state index in [-0.39, 0.29) is 11.8 Å². The molecule has 2 amide bonds. The molecule has 3 aromatic rings. The molecule has 1 aliphatic rings. The summed E-state index contributed by atoms with van der Waals surface area (Å²) in [6.07, 6.45) is 3.26. The van der Waals surface area contributed by atoms with Crippen molar-refractivity contribution in [1.82, 2.24) is 14.8 Å². The molecule has 2 aromatic carbocycles. The van der Waals surface area contributed by atoms with E-state index in [1.807, 2.05) is 61.2 Å². The van der Waals surface area contributed by atoms with Crippen LogP contribution in [0.2, 0.25) is 0 Å². The highest BCUT2D eigenvalue weighted by molar-refractivity contribution is 5.96. The largest absolute Gasteiger partial charge is 0.336 e. The van der Waals surface area contributed by atoms with Crippen LogP contribution in [-0.4, -0.2) is 52.8 Å². The van der Waals surface area contributed by atoms with E-state index in [0.29, 0.717) is 31.7 Å². The third-order valence-corrected chi connectivity index (χ3v) is 5.75. The summed E-state index contributed by atoms with van der Waals surface area (Å²) >= 11 is 0. The Labute approximate surface area is 188 Å². The molecule has 2 heterocycles. The maximum absolute atomic E-state index is 13.4. The third-order valence-electron chi connectivity index (χ3n) is 5.75. The summed E-state index contributed by atoms with van der Waals surface area (Å²) in [5, 5.41) is 3.11. The van der Waals surface area contributed by atoms with E-state index in [4.69, 9.17) is 0 Å². The molecule has 0 spiro atoms. The van der Waals surface area contributed by atoms with Crippen LogP contribution in [0.25, 0.3) is 0 Å². The van der Waals surface area contributed by atoms with E-state index in [0.717, 1.165) is 22.4 Å². The normalized spacial score (nSPS) is 15.2. The SMILES string of the molecule is Cc1cc(C)cc(NC(=O)[C@H](c2ccccc2)N2CCN(C(=O)c3ccncc3)CC2)c1. The van der Waals surface area contributed by atoms with Gasteiger partial charge in [-0.3, -0.25) is 19.5 Å². The van der Waals surface area contributed by atoms with Gasteiger partial charge in [0.05, 0.1) is 0 Å². The van der Waals surface area contributed by atoms with Crippen molar-refractivity contribution < 1.29 is 9.59 Å². The predicted octanol–water partition coefficient (Wildman–Crippen LogP) is 3.84. The Hall–Kier alpha value is -3.51. The van der Waals surface area contributed by atoms with Gasteiger partial charge in [0, 0.05) is 49.8 Å². The number of benzene rings is 2. The van der Waals surface area contributed by atoms with Crippen LogP contribution in [-0.2, 0) is 4.79 Å². The monoisotopic (exact) mass is 428 g/mol. The molecular formula is C26H28N4O2. The topological polar surface area (TPSA) is 65.5 Å². The number of carbonyl (C=O) groups excluding carboxylic acids is 2. The number of amides is 2. The zero-order valence-corrected chi connectivity index (χ0v) is 18.5. The van der Waals surface area contributed by atoms with Crippen molar-refractivity contribution in [2.75, 3.05) is 31.5 Å². The Morgan fingerprint density at radius 2 is 1.50 bits per heavy atom. The van der Waals surface area contributed by atoms with Gasteiger partial charge in [-0.25, -0.2) is 0 Å². The molecule has 0 aliphatic carbocycles. The van der Waals surface area contributed by atoms with Crippen LogP contribution in [0.3, 0.4) is 0 Å². The lowest BCUT2D eigenvalue weighted by molar-refractivity contribution is -0.122. The molecule has 0 unspecified atom stereocenters. The minimum Gasteiger partial charge on any atom is -0.336 e. The molecule has 1 aromatic heterocycles. The van der Waals surface area contributed by atoms with E-state index in [2.05, 4.69) is 21.3 Å². The number of pyridine rings is 1. The van der Waals surface area contributed by atoms with Crippen LogP contribution in [0.4, 0.5) is 5.69 Å². The minimum absolute atomic E-state index is 0.00278. The number of hydrogen-bond donors (Lipinski definition) is 1. The molecule has 0 saturated carbocycles. The molecule has 4 rings (SSSR count). The maximum atomic E-state index is 13.4. The Morgan fingerprint density at radius 3 is 2.12 bits per heavy atom. The third kappa shape index (κ3) is 5.03. The molecule has 1 N–H and O–H groups in total. The summed E-state index contributed by atoms with van der Waals surface area (Å²) in [4.78, 5) is 34.2. The second-order valence-corrected chi connectivity index (χ2v) is 8.24. The summed E-state index contributed by atoms with van der Waals surface area (Å²) in [6.45, 7) is 6.43. The van der Waals surface area contributed by atoms with E-state index in [1.54, 1.807) is 24.5 Å². The number of aromatic nitrogens is 1. The van der Waals surface area contributed by atoms with Gasteiger partial charge in [-0.15, -0.1) is 0 Å². The lowest BCUT2D eigenvalue weighted by Crippen LogP contribution is -2.51. The van der Waals surface area contributed by atoms with Crippen molar-refractivity contribution in [1.29, 1.82) is 0 Å². The van der Waals surface area contributed by atoms with Crippen molar-refractivity contribution >= 4 is 17.5 Å². The zero-order chi connectivity index (χ0) is 22.5. The van der Waals surface area contributed by atoms with Crippen LogP contribution >= 0.6 is 0 Å². The molecule has 0 bridgehead atoms. The molecule has 0 radical (unpaired) electrons. The zero-order valence-electron chi connectivity index (χ0n) is 18.5. The highest BCUT2D eigenvalue weighted by Crippen LogP contribution is 2.25. The quantitative estimate of drug-likeness (QED) is 0.671. The van der Waals surface area contributed by atoms with Crippen molar-refractivity contribution in [3.05, 3.63) is 95.3 Å². The van der Waals surface area contributed by atoms with Crippen LogP contribution < -0.4 is 5.32 Å². The fourth-order valence-corrected chi connectivity index (χ4v) is 4.28. The van der Waals surface area contributed by atoms with Crippen molar-refractivity contribution in [3.63, 3.8) is 0 Å². The summed E-state index contributed by atoms with van der Waals surface area (Å²) in [5.41, 5.74) is 4.61. The molecule has 6 nitrogen and oxygen atoms in total. The van der Waals surface area contributed by atoms with E-state index >= 15 is 0 Å². The number of piperazine rings is 1. The second kappa shape index (κ2) is 9.75. The first-order chi connectivity index (χ1) is 15.5. The molecule has 1 atom stereocenters. The summed E-state index contributed by atoms with van der Waals surface area (Å²) in [6, 6.07) is 18.9. The fourth-order valence-electron chi connectivity index (χ4n) is 4.28. The first-order valence-corrected chi connectivity index (χ1v) is 10.9. The van der Waals surface area contributed by atoms with Gasteiger partial charge in [-0.1, -0.05) is 36.4 Å². The molecule has 1 aliphatic heterocycles. The number of aryl methyl sites for hydroxylation is 2. The van der Waals surface area contributed by atoms with E-state index in [9.17, 15) is 9.59 Å². The van der Waals surface area contributed by atoms with Gasteiger partial charge in [0.2, 0.25) is 5.91 Å². The Bertz CT molecular complexity index is 1060. The number of nitrogens with one attached hydrogen (secondary N) is 1. The van der Waals surface area contributed by atoms with Crippen molar-refractivity contribution in [2.24, 2.45) is 0 Å². The van der Waals surface area contributed by atoms with Gasteiger partial charge in [0.15, 0.2) is 0 Å². The standard InChI is InChI=1S/C26H28N4O2/c1-19-16-20(2)18-23(17-19)28-25(31)24(21-6-4-3-5-7-21)29-12-14-30(15-13-29)26(32)22-8-10-27-11-9-22/h3-11,16-18,24H,12-15H2,1-2H3,(H,28,31)/t24-/m0/s1. The van der Waals surface area contributed by atoms with Gasteiger partial charge in [-0.2, -0.15) is 0 Å². The Kier molecular flexibility index (Phi) is 6.61. The number of carbonyl (C=O) groups is 2. The highest BCUT2D eigenvalue weighted by atomic mass is 16.2. The Balaban J connectivity index is 1.50. The second-order valence-electron chi connectivity index (χ2n) is 8.24. The smallest absolute Gasteiger partial charge is 0.254 e. The average molecular weight is 429 g/mol. The molecule has 1 fully saturated rings. The number of rotatable bonds is 5. The summed E-state index contributed by atoms with van der Waals surface area (Å²) in [7, 11) is 0. The predicted molar refractivity (Wildman–Crippen MR) is 125 cm³/mol. The lowest BCUT2D eigenvalue weighted by Gasteiger charge is -2.38. The number of hydrogen-bond acceptors (Lipinski definition) is 4. The summed E-state index contributed by atoms with van der Waals surface area (Å²) < 4.78 is 0.